The van der Waals surface area contributed by atoms with Crippen molar-refractivity contribution in [2.24, 2.45) is 0 Å². The summed E-state index contributed by atoms with van der Waals surface area (Å²) in [6.07, 6.45) is 3.30. The summed E-state index contributed by atoms with van der Waals surface area (Å²) >= 11 is 1.54. The topological polar surface area (TPSA) is 24.9 Å². The van der Waals surface area contributed by atoms with E-state index < -0.39 is 11.6 Å². The highest BCUT2D eigenvalue weighted by Gasteiger charge is 2.17. The molecule has 102 valence electrons. The molecule has 1 atom stereocenters. The number of hydrogen-bond donors (Lipinski definition) is 1. The Morgan fingerprint density at radius 3 is 2.84 bits per heavy atom. The number of hydrogen-bond acceptors (Lipinski definition) is 3. The molecule has 0 saturated carbocycles. The van der Waals surface area contributed by atoms with Crippen molar-refractivity contribution in [2.75, 3.05) is 6.54 Å². The van der Waals surface area contributed by atoms with Gasteiger partial charge in [0.15, 0.2) is 0 Å². The van der Waals surface area contributed by atoms with Crippen molar-refractivity contribution in [1.82, 2.24) is 10.3 Å². The van der Waals surface area contributed by atoms with Gasteiger partial charge >= 0.3 is 0 Å². The summed E-state index contributed by atoms with van der Waals surface area (Å²) in [6, 6.07) is 3.55. The molecule has 1 N–H and O–H groups in total. The molecular formula is C14H16F2N2S. The van der Waals surface area contributed by atoms with Gasteiger partial charge in [-0.15, -0.1) is 11.3 Å². The molecule has 0 amide bonds. The lowest BCUT2D eigenvalue weighted by Crippen LogP contribution is -2.25. The van der Waals surface area contributed by atoms with Gasteiger partial charge in [0.1, 0.15) is 11.6 Å². The van der Waals surface area contributed by atoms with E-state index in [-0.39, 0.29) is 6.04 Å². The first-order valence-electron chi connectivity index (χ1n) is 6.27. The van der Waals surface area contributed by atoms with Gasteiger partial charge in [0.25, 0.3) is 0 Å². The maximum absolute atomic E-state index is 13.9. The van der Waals surface area contributed by atoms with Crippen LogP contribution in [-0.2, 0) is 6.42 Å². The van der Waals surface area contributed by atoms with E-state index in [9.17, 15) is 8.78 Å². The van der Waals surface area contributed by atoms with E-state index in [2.05, 4.69) is 17.2 Å². The largest absolute Gasteiger partial charge is 0.309 e. The summed E-state index contributed by atoms with van der Waals surface area (Å²) in [4.78, 5) is 4.22. The molecule has 0 radical (unpaired) electrons. The van der Waals surface area contributed by atoms with E-state index in [0.717, 1.165) is 24.0 Å². The summed E-state index contributed by atoms with van der Waals surface area (Å²) in [5, 5.41) is 6.13. The van der Waals surface area contributed by atoms with Crippen LogP contribution in [0.5, 0.6) is 0 Å². The van der Waals surface area contributed by atoms with Gasteiger partial charge in [-0.3, -0.25) is 0 Å². The Morgan fingerprint density at radius 1 is 1.37 bits per heavy atom. The third-order valence-corrected chi connectivity index (χ3v) is 3.64. The van der Waals surface area contributed by atoms with Gasteiger partial charge < -0.3 is 5.32 Å². The molecule has 0 fully saturated rings. The molecule has 0 saturated heterocycles. The Hall–Kier alpha value is -1.33. The molecule has 0 spiro atoms. The van der Waals surface area contributed by atoms with Crippen LogP contribution in [0.2, 0.25) is 0 Å². The molecule has 1 aromatic carbocycles. The van der Waals surface area contributed by atoms with Crippen molar-refractivity contribution in [2.45, 2.75) is 25.8 Å². The van der Waals surface area contributed by atoms with Crippen LogP contribution in [0.3, 0.4) is 0 Å². The van der Waals surface area contributed by atoms with Gasteiger partial charge in [-0.1, -0.05) is 13.0 Å². The smallest absolute Gasteiger partial charge is 0.130 e. The van der Waals surface area contributed by atoms with Crippen LogP contribution in [0.15, 0.2) is 29.8 Å². The second-order valence-corrected chi connectivity index (χ2v) is 5.28. The number of aromatic nitrogens is 1. The van der Waals surface area contributed by atoms with Gasteiger partial charge in [0.05, 0.1) is 5.01 Å². The van der Waals surface area contributed by atoms with Gasteiger partial charge in [-0.2, -0.15) is 0 Å². The van der Waals surface area contributed by atoms with Crippen LogP contribution in [-0.4, -0.2) is 11.5 Å². The number of rotatable bonds is 6. The van der Waals surface area contributed by atoms with Crippen molar-refractivity contribution < 1.29 is 8.78 Å². The van der Waals surface area contributed by atoms with Gasteiger partial charge in [0, 0.05) is 35.7 Å². The molecule has 1 heterocycles. The SMILES string of the molecule is CCCNC(Cc1nccs1)c1ccc(F)cc1F. The lowest BCUT2D eigenvalue weighted by atomic mass is 10.0. The number of benzene rings is 1. The normalized spacial score (nSPS) is 12.6. The average Bonchev–Trinajstić information content (AvgIpc) is 2.88. The third kappa shape index (κ3) is 3.81. The summed E-state index contributed by atoms with van der Waals surface area (Å²) in [6.45, 7) is 2.83. The Labute approximate surface area is 115 Å². The minimum Gasteiger partial charge on any atom is -0.309 e. The molecule has 0 bridgehead atoms. The van der Waals surface area contributed by atoms with E-state index in [1.165, 1.54) is 12.1 Å². The molecule has 5 heteroatoms. The van der Waals surface area contributed by atoms with E-state index >= 15 is 0 Å². The van der Waals surface area contributed by atoms with Crippen molar-refractivity contribution in [3.63, 3.8) is 0 Å². The summed E-state index contributed by atoms with van der Waals surface area (Å²) in [5.41, 5.74) is 0.491. The lowest BCUT2D eigenvalue weighted by Gasteiger charge is -2.18. The summed E-state index contributed by atoms with van der Waals surface area (Å²) in [5.74, 6) is -1.06. The Balaban J connectivity index is 2.20. The van der Waals surface area contributed by atoms with E-state index in [1.807, 2.05) is 5.38 Å². The average molecular weight is 282 g/mol. The highest BCUT2D eigenvalue weighted by atomic mass is 32.1. The summed E-state index contributed by atoms with van der Waals surface area (Å²) in [7, 11) is 0. The summed E-state index contributed by atoms with van der Waals surface area (Å²) < 4.78 is 26.8. The second kappa shape index (κ2) is 6.73. The molecule has 0 aliphatic rings. The second-order valence-electron chi connectivity index (χ2n) is 4.30. The maximum Gasteiger partial charge on any atom is 0.130 e. The molecule has 19 heavy (non-hydrogen) atoms. The number of halogens is 2. The predicted molar refractivity (Wildman–Crippen MR) is 73.2 cm³/mol. The first-order chi connectivity index (χ1) is 9.20. The fourth-order valence-electron chi connectivity index (χ4n) is 1.92. The molecule has 0 aliphatic carbocycles. The fraction of sp³-hybridized carbons (Fsp3) is 0.357. The molecular weight excluding hydrogens is 266 g/mol. The van der Waals surface area contributed by atoms with Crippen molar-refractivity contribution in [3.05, 3.63) is 52.0 Å². The van der Waals surface area contributed by atoms with Crippen molar-refractivity contribution in [3.8, 4) is 0 Å². The van der Waals surface area contributed by atoms with Gasteiger partial charge in [-0.25, -0.2) is 13.8 Å². The molecule has 2 nitrogen and oxygen atoms in total. The molecule has 2 rings (SSSR count). The molecule has 0 aliphatic heterocycles. The zero-order valence-corrected chi connectivity index (χ0v) is 11.5. The third-order valence-electron chi connectivity index (χ3n) is 2.84. The molecule has 2 aromatic rings. The van der Waals surface area contributed by atoms with Crippen LogP contribution in [0.4, 0.5) is 8.78 Å². The van der Waals surface area contributed by atoms with Gasteiger partial charge in [0.2, 0.25) is 0 Å². The Kier molecular flexibility index (Phi) is 4.99. The zero-order chi connectivity index (χ0) is 13.7. The molecule has 1 aromatic heterocycles. The fourth-order valence-corrected chi connectivity index (χ4v) is 2.59. The minimum absolute atomic E-state index is 0.174. The van der Waals surface area contributed by atoms with E-state index in [1.54, 1.807) is 17.5 Å². The highest BCUT2D eigenvalue weighted by Crippen LogP contribution is 2.23. The first kappa shape index (κ1) is 14.1. The Bertz CT molecular complexity index is 514. The lowest BCUT2D eigenvalue weighted by molar-refractivity contribution is 0.490. The van der Waals surface area contributed by atoms with Gasteiger partial charge in [-0.05, 0) is 19.0 Å². The van der Waals surface area contributed by atoms with Crippen LogP contribution < -0.4 is 5.32 Å². The molecule has 1 unspecified atom stereocenters. The number of nitrogens with zero attached hydrogens (tertiary/aromatic N) is 1. The zero-order valence-electron chi connectivity index (χ0n) is 10.7. The maximum atomic E-state index is 13.9. The van der Waals surface area contributed by atoms with Crippen LogP contribution in [0.1, 0.15) is 30.0 Å². The number of nitrogens with one attached hydrogen (secondary N) is 1. The minimum atomic E-state index is -0.551. The van der Waals surface area contributed by atoms with E-state index in [4.69, 9.17) is 0 Å². The van der Waals surface area contributed by atoms with Crippen LogP contribution in [0, 0.1) is 11.6 Å². The van der Waals surface area contributed by atoms with Crippen molar-refractivity contribution >= 4 is 11.3 Å². The first-order valence-corrected chi connectivity index (χ1v) is 7.15. The Morgan fingerprint density at radius 2 is 2.21 bits per heavy atom. The van der Waals surface area contributed by atoms with Crippen LogP contribution in [0.25, 0.3) is 0 Å². The monoisotopic (exact) mass is 282 g/mol. The standard InChI is InChI=1S/C14H16F2N2S/c1-2-5-17-13(9-14-18-6-7-19-14)11-4-3-10(15)8-12(11)16/h3-4,6-8,13,17H,2,5,9H2,1H3. The number of thiazole rings is 1. The van der Waals surface area contributed by atoms with Crippen LogP contribution >= 0.6 is 11.3 Å². The predicted octanol–water partition coefficient (Wildman–Crippen LogP) is 3.70. The van der Waals surface area contributed by atoms with Crippen molar-refractivity contribution in [1.29, 1.82) is 0 Å². The quantitative estimate of drug-likeness (QED) is 0.873. The highest BCUT2D eigenvalue weighted by molar-refractivity contribution is 7.09. The van der Waals surface area contributed by atoms with E-state index in [0.29, 0.717) is 12.0 Å².